The van der Waals surface area contributed by atoms with Crippen molar-refractivity contribution in [2.75, 3.05) is 0 Å². The summed E-state index contributed by atoms with van der Waals surface area (Å²) in [5.74, 6) is 1.17. The molecule has 0 bridgehead atoms. The predicted octanol–water partition coefficient (Wildman–Crippen LogP) is 5.16. The van der Waals surface area contributed by atoms with Gasteiger partial charge in [0.25, 0.3) is 11.1 Å². The highest BCUT2D eigenvalue weighted by molar-refractivity contribution is 7.07. The molecule has 0 aliphatic rings. The Kier molecular flexibility index (Phi) is 6.15. The number of ether oxygens (including phenoxy) is 1. The van der Waals surface area contributed by atoms with Gasteiger partial charge in [0.05, 0.1) is 0 Å². The topological polar surface area (TPSA) is 64.1 Å². The average Bonchev–Trinajstić information content (AvgIpc) is 3.21. The molecule has 4 rings (SSSR count). The molecule has 0 saturated heterocycles. The van der Waals surface area contributed by atoms with Crippen LogP contribution in [0.2, 0.25) is 0 Å². The van der Waals surface area contributed by atoms with E-state index in [2.05, 4.69) is 14.7 Å². The SMILES string of the molecule is Cc1ccc(C(=O)NCc2ccccc2)cc1Oc1nc(Cc2ccccc2)ns1. The van der Waals surface area contributed by atoms with Crippen LogP contribution >= 0.6 is 11.5 Å². The molecule has 1 heterocycles. The zero-order valence-electron chi connectivity index (χ0n) is 16.5. The van der Waals surface area contributed by atoms with Crippen LogP contribution in [0.1, 0.15) is 32.9 Å². The summed E-state index contributed by atoms with van der Waals surface area (Å²) >= 11 is 1.21. The molecule has 30 heavy (non-hydrogen) atoms. The summed E-state index contributed by atoms with van der Waals surface area (Å²) in [5.41, 5.74) is 3.67. The molecule has 3 aromatic carbocycles. The normalized spacial score (nSPS) is 10.6. The fourth-order valence-corrected chi connectivity index (χ4v) is 3.52. The molecule has 0 spiro atoms. The van der Waals surface area contributed by atoms with Crippen LogP contribution in [0.25, 0.3) is 0 Å². The van der Waals surface area contributed by atoms with Crippen molar-refractivity contribution in [3.05, 3.63) is 107 Å². The number of rotatable bonds is 7. The number of aryl methyl sites for hydroxylation is 1. The van der Waals surface area contributed by atoms with Gasteiger partial charge in [0.2, 0.25) is 0 Å². The largest absolute Gasteiger partial charge is 0.430 e. The second-order valence-electron chi connectivity index (χ2n) is 6.89. The third-order valence-electron chi connectivity index (χ3n) is 4.60. The smallest absolute Gasteiger partial charge is 0.298 e. The molecular formula is C24H21N3O2S. The lowest BCUT2D eigenvalue weighted by molar-refractivity contribution is 0.0950. The Morgan fingerprint density at radius 2 is 1.67 bits per heavy atom. The van der Waals surface area contributed by atoms with Gasteiger partial charge in [0.15, 0.2) is 5.82 Å². The number of carbonyl (C=O) groups excluding carboxylic acids is 1. The first-order valence-electron chi connectivity index (χ1n) is 9.64. The van der Waals surface area contributed by atoms with Crippen LogP contribution in [0.5, 0.6) is 10.9 Å². The zero-order chi connectivity index (χ0) is 20.8. The molecule has 1 amide bonds. The highest BCUT2D eigenvalue weighted by Gasteiger charge is 2.12. The van der Waals surface area contributed by atoms with Gasteiger partial charge in [-0.1, -0.05) is 66.7 Å². The summed E-state index contributed by atoms with van der Waals surface area (Å²) in [5, 5.41) is 3.40. The number of nitrogens with zero attached hydrogens (tertiary/aromatic N) is 2. The minimum Gasteiger partial charge on any atom is -0.430 e. The predicted molar refractivity (Wildman–Crippen MR) is 118 cm³/mol. The maximum Gasteiger partial charge on any atom is 0.298 e. The molecule has 0 fully saturated rings. The van der Waals surface area contributed by atoms with Gasteiger partial charge in [0, 0.05) is 30.1 Å². The quantitative estimate of drug-likeness (QED) is 0.453. The molecule has 0 aliphatic heterocycles. The lowest BCUT2D eigenvalue weighted by Gasteiger charge is -2.09. The van der Waals surface area contributed by atoms with Crippen molar-refractivity contribution >= 4 is 17.4 Å². The Morgan fingerprint density at radius 1 is 0.967 bits per heavy atom. The Hall–Kier alpha value is -3.51. The van der Waals surface area contributed by atoms with Gasteiger partial charge in [-0.05, 0) is 35.7 Å². The maximum absolute atomic E-state index is 12.5. The maximum atomic E-state index is 12.5. The van der Waals surface area contributed by atoms with Crippen molar-refractivity contribution in [2.24, 2.45) is 0 Å². The Morgan fingerprint density at radius 3 is 2.40 bits per heavy atom. The second kappa shape index (κ2) is 9.33. The molecule has 0 radical (unpaired) electrons. The highest BCUT2D eigenvalue weighted by Crippen LogP contribution is 2.28. The number of carbonyl (C=O) groups is 1. The van der Waals surface area contributed by atoms with E-state index in [1.165, 1.54) is 11.5 Å². The lowest BCUT2D eigenvalue weighted by Crippen LogP contribution is -2.22. The van der Waals surface area contributed by atoms with Crippen LogP contribution in [0.4, 0.5) is 0 Å². The number of amides is 1. The van der Waals surface area contributed by atoms with E-state index >= 15 is 0 Å². The first-order valence-corrected chi connectivity index (χ1v) is 10.4. The summed E-state index contributed by atoms with van der Waals surface area (Å²) in [4.78, 5) is 17.0. The summed E-state index contributed by atoms with van der Waals surface area (Å²) in [6, 6.07) is 25.3. The molecule has 0 atom stereocenters. The van der Waals surface area contributed by atoms with Crippen LogP contribution in [0.15, 0.2) is 78.9 Å². The minimum atomic E-state index is -0.147. The molecule has 0 aliphatic carbocycles. The van der Waals surface area contributed by atoms with E-state index in [-0.39, 0.29) is 5.91 Å². The lowest BCUT2D eigenvalue weighted by atomic mass is 10.1. The van der Waals surface area contributed by atoms with Crippen molar-refractivity contribution in [3.63, 3.8) is 0 Å². The summed E-state index contributed by atoms with van der Waals surface area (Å²) in [6.45, 7) is 2.41. The van der Waals surface area contributed by atoms with Crippen LogP contribution < -0.4 is 10.1 Å². The van der Waals surface area contributed by atoms with E-state index < -0.39 is 0 Å². The van der Waals surface area contributed by atoms with Crippen LogP contribution in [-0.2, 0) is 13.0 Å². The number of aromatic nitrogens is 2. The van der Waals surface area contributed by atoms with Gasteiger partial charge in [0.1, 0.15) is 5.75 Å². The Labute approximate surface area is 179 Å². The van der Waals surface area contributed by atoms with Crippen molar-refractivity contribution < 1.29 is 9.53 Å². The van der Waals surface area contributed by atoms with Crippen LogP contribution in [-0.4, -0.2) is 15.3 Å². The van der Waals surface area contributed by atoms with Gasteiger partial charge < -0.3 is 10.1 Å². The average molecular weight is 416 g/mol. The van der Waals surface area contributed by atoms with E-state index in [1.54, 1.807) is 12.1 Å². The Bertz CT molecular complexity index is 1130. The summed E-state index contributed by atoms with van der Waals surface area (Å²) < 4.78 is 10.3. The Balaban J connectivity index is 1.42. The second-order valence-corrected chi connectivity index (χ2v) is 7.60. The van der Waals surface area contributed by atoms with Gasteiger partial charge in [-0.2, -0.15) is 9.36 Å². The van der Waals surface area contributed by atoms with E-state index in [0.717, 1.165) is 22.5 Å². The van der Waals surface area contributed by atoms with E-state index in [0.29, 0.717) is 29.5 Å². The molecule has 0 unspecified atom stereocenters. The monoisotopic (exact) mass is 415 g/mol. The fourth-order valence-electron chi connectivity index (χ4n) is 2.96. The molecule has 6 heteroatoms. The van der Waals surface area contributed by atoms with Crippen molar-refractivity contribution in [3.8, 4) is 10.9 Å². The van der Waals surface area contributed by atoms with Crippen LogP contribution in [0.3, 0.4) is 0 Å². The minimum absolute atomic E-state index is 0.147. The first-order chi connectivity index (χ1) is 14.7. The number of hydrogen-bond donors (Lipinski definition) is 1. The third-order valence-corrected chi connectivity index (χ3v) is 5.23. The standard InChI is InChI=1S/C24H21N3O2S/c1-17-12-13-20(23(28)25-16-19-10-6-3-7-11-19)15-21(17)29-24-26-22(27-30-24)14-18-8-4-2-5-9-18/h2-13,15H,14,16H2,1H3,(H,25,28). The molecule has 1 N–H and O–H groups in total. The molecule has 4 aromatic rings. The number of nitrogens with one attached hydrogen (secondary N) is 1. The van der Waals surface area contributed by atoms with Gasteiger partial charge in [-0.15, -0.1) is 0 Å². The molecule has 1 aromatic heterocycles. The van der Waals surface area contributed by atoms with Crippen LogP contribution in [0, 0.1) is 6.92 Å². The van der Waals surface area contributed by atoms with Gasteiger partial charge >= 0.3 is 0 Å². The first kappa shape index (κ1) is 19.8. The molecule has 150 valence electrons. The van der Waals surface area contributed by atoms with Crippen molar-refractivity contribution in [1.29, 1.82) is 0 Å². The number of hydrogen-bond acceptors (Lipinski definition) is 5. The van der Waals surface area contributed by atoms with Crippen molar-refractivity contribution in [2.45, 2.75) is 19.9 Å². The van der Waals surface area contributed by atoms with E-state index in [4.69, 9.17) is 4.74 Å². The van der Waals surface area contributed by atoms with Gasteiger partial charge in [-0.3, -0.25) is 4.79 Å². The number of benzene rings is 3. The molecular weight excluding hydrogens is 394 g/mol. The van der Waals surface area contributed by atoms with E-state index in [1.807, 2.05) is 73.7 Å². The molecule has 0 saturated carbocycles. The van der Waals surface area contributed by atoms with Crippen molar-refractivity contribution in [1.82, 2.24) is 14.7 Å². The van der Waals surface area contributed by atoms with Gasteiger partial charge in [-0.25, -0.2) is 0 Å². The molecule has 5 nitrogen and oxygen atoms in total. The highest BCUT2D eigenvalue weighted by atomic mass is 32.1. The summed E-state index contributed by atoms with van der Waals surface area (Å²) in [7, 11) is 0. The zero-order valence-corrected chi connectivity index (χ0v) is 17.4. The third kappa shape index (κ3) is 5.10. The van der Waals surface area contributed by atoms with E-state index in [9.17, 15) is 4.79 Å². The summed E-state index contributed by atoms with van der Waals surface area (Å²) in [6.07, 6.45) is 0.654. The fraction of sp³-hybridized carbons (Fsp3) is 0.125.